The number of imidazole rings is 1. The standard InChI is InChI=1S/C21H29N5O2/c1-24-12-9-22-20(24)19(17-5-3-2-4-6-17)23-21(27)26-10-7-18(8-11-26)25-13-15-28-16-14-25/h2-6,9,12,18-19H,7-8,10-11,13-16H2,1H3,(H,23,27)/t19-/m1/s1. The number of urea groups is 1. The molecule has 1 N–H and O–H groups in total. The summed E-state index contributed by atoms with van der Waals surface area (Å²) in [4.78, 5) is 21.9. The van der Waals surface area contributed by atoms with Crippen LogP contribution in [0, 0.1) is 0 Å². The third-order valence-corrected chi connectivity index (χ3v) is 5.83. The Morgan fingerprint density at radius 1 is 1.14 bits per heavy atom. The summed E-state index contributed by atoms with van der Waals surface area (Å²) in [7, 11) is 1.96. The van der Waals surface area contributed by atoms with Gasteiger partial charge in [-0.05, 0) is 18.4 Å². The van der Waals surface area contributed by atoms with E-state index in [9.17, 15) is 4.79 Å². The fourth-order valence-corrected chi connectivity index (χ4v) is 4.19. The zero-order valence-electron chi connectivity index (χ0n) is 16.5. The van der Waals surface area contributed by atoms with Crippen molar-refractivity contribution in [1.82, 2.24) is 24.7 Å². The summed E-state index contributed by atoms with van der Waals surface area (Å²) in [6.07, 6.45) is 5.72. The van der Waals surface area contributed by atoms with Crippen LogP contribution in [0.25, 0.3) is 0 Å². The molecule has 0 bridgehead atoms. The minimum atomic E-state index is -0.259. The molecule has 28 heavy (non-hydrogen) atoms. The third kappa shape index (κ3) is 4.20. The average Bonchev–Trinajstić information content (AvgIpc) is 3.19. The Labute approximate surface area is 166 Å². The van der Waals surface area contributed by atoms with E-state index in [0.29, 0.717) is 6.04 Å². The number of rotatable bonds is 4. The molecule has 0 unspecified atom stereocenters. The number of hydrogen-bond donors (Lipinski definition) is 1. The molecule has 2 saturated heterocycles. The Morgan fingerprint density at radius 3 is 2.50 bits per heavy atom. The van der Waals surface area contributed by atoms with Crippen LogP contribution in [0.4, 0.5) is 4.79 Å². The molecule has 2 aliphatic heterocycles. The van der Waals surface area contributed by atoms with Crippen LogP contribution in [0.1, 0.15) is 30.3 Å². The Bertz CT molecular complexity index is 764. The van der Waals surface area contributed by atoms with Gasteiger partial charge in [0.15, 0.2) is 0 Å². The highest BCUT2D eigenvalue weighted by Gasteiger charge is 2.29. The second-order valence-electron chi connectivity index (χ2n) is 7.56. The van der Waals surface area contributed by atoms with Gasteiger partial charge < -0.3 is 19.5 Å². The van der Waals surface area contributed by atoms with Crippen molar-refractivity contribution >= 4 is 6.03 Å². The first kappa shape index (κ1) is 19.0. The van der Waals surface area contributed by atoms with Gasteiger partial charge in [-0.1, -0.05) is 30.3 Å². The van der Waals surface area contributed by atoms with Gasteiger partial charge in [0, 0.05) is 51.7 Å². The van der Waals surface area contributed by atoms with Gasteiger partial charge in [0.25, 0.3) is 0 Å². The van der Waals surface area contributed by atoms with Crippen molar-refractivity contribution in [1.29, 1.82) is 0 Å². The van der Waals surface area contributed by atoms with E-state index in [2.05, 4.69) is 15.2 Å². The monoisotopic (exact) mass is 383 g/mol. The third-order valence-electron chi connectivity index (χ3n) is 5.83. The van der Waals surface area contributed by atoms with Gasteiger partial charge in [-0.25, -0.2) is 9.78 Å². The van der Waals surface area contributed by atoms with Crippen molar-refractivity contribution in [2.45, 2.75) is 24.9 Å². The number of morpholine rings is 1. The highest BCUT2D eigenvalue weighted by molar-refractivity contribution is 5.75. The first-order chi connectivity index (χ1) is 13.7. The lowest BCUT2D eigenvalue weighted by atomic mass is 10.0. The summed E-state index contributed by atoms with van der Waals surface area (Å²) in [6, 6.07) is 10.3. The first-order valence-electron chi connectivity index (χ1n) is 10.1. The number of nitrogens with zero attached hydrogens (tertiary/aromatic N) is 4. The second kappa shape index (κ2) is 8.75. The van der Waals surface area contributed by atoms with Crippen molar-refractivity contribution in [3.63, 3.8) is 0 Å². The summed E-state index contributed by atoms with van der Waals surface area (Å²) < 4.78 is 7.42. The normalized spacial score (nSPS) is 20.1. The van der Waals surface area contributed by atoms with Gasteiger partial charge in [0.1, 0.15) is 11.9 Å². The van der Waals surface area contributed by atoms with Crippen LogP contribution in [0.3, 0.4) is 0 Å². The molecule has 0 spiro atoms. The number of amides is 2. The van der Waals surface area contributed by atoms with E-state index in [1.807, 2.05) is 53.0 Å². The zero-order chi connectivity index (χ0) is 19.3. The highest BCUT2D eigenvalue weighted by Crippen LogP contribution is 2.22. The van der Waals surface area contributed by atoms with Gasteiger partial charge in [-0.2, -0.15) is 0 Å². The molecule has 1 aromatic heterocycles. The smallest absolute Gasteiger partial charge is 0.318 e. The molecule has 7 heteroatoms. The number of carbonyl (C=O) groups is 1. The number of aromatic nitrogens is 2. The van der Waals surface area contributed by atoms with E-state index in [0.717, 1.165) is 63.6 Å². The fraction of sp³-hybridized carbons (Fsp3) is 0.524. The van der Waals surface area contributed by atoms with Crippen LogP contribution in [0.15, 0.2) is 42.7 Å². The van der Waals surface area contributed by atoms with Crippen LogP contribution in [0.2, 0.25) is 0 Å². The van der Waals surface area contributed by atoms with Gasteiger partial charge in [0.2, 0.25) is 0 Å². The SMILES string of the molecule is Cn1ccnc1[C@H](NC(=O)N1CCC(N2CCOCC2)CC1)c1ccccc1. The molecule has 1 atom stereocenters. The van der Waals surface area contributed by atoms with Crippen molar-refractivity contribution in [2.24, 2.45) is 7.05 Å². The Hall–Kier alpha value is -2.38. The number of hydrogen-bond acceptors (Lipinski definition) is 4. The Balaban J connectivity index is 1.40. The summed E-state index contributed by atoms with van der Waals surface area (Å²) in [5, 5.41) is 3.21. The molecule has 150 valence electrons. The minimum absolute atomic E-state index is 0.0164. The van der Waals surface area contributed by atoms with Crippen molar-refractivity contribution in [3.05, 3.63) is 54.1 Å². The second-order valence-corrected chi connectivity index (χ2v) is 7.56. The fourth-order valence-electron chi connectivity index (χ4n) is 4.19. The van der Waals surface area contributed by atoms with Crippen molar-refractivity contribution in [2.75, 3.05) is 39.4 Å². The molecule has 2 amide bonds. The van der Waals surface area contributed by atoms with Crippen LogP contribution < -0.4 is 5.32 Å². The molecule has 7 nitrogen and oxygen atoms in total. The first-order valence-corrected chi connectivity index (χ1v) is 10.1. The zero-order valence-corrected chi connectivity index (χ0v) is 16.5. The molecular formula is C21H29N5O2. The maximum atomic E-state index is 13.0. The Kier molecular flexibility index (Phi) is 5.92. The molecule has 4 rings (SSSR count). The molecule has 0 saturated carbocycles. The van der Waals surface area contributed by atoms with E-state index in [-0.39, 0.29) is 12.1 Å². The van der Waals surface area contributed by atoms with Crippen LogP contribution >= 0.6 is 0 Å². The average molecular weight is 383 g/mol. The van der Waals surface area contributed by atoms with Gasteiger partial charge in [0.05, 0.1) is 13.2 Å². The van der Waals surface area contributed by atoms with E-state index < -0.39 is 0 Å². The van der Waals surface area contributed by atoms with Crippen molar-refractivity contribution in [3.8, 4) is 0 Å². The van der Waals surface area contributed by atoms with E-state index >= 15 is 0 Å². The Morgan fingerprint density at radius 2 is 1.86 bits per heavy atom. The van der Waals surface area contributed by atoms with Gasteiger partial charge in [-0.15, -0.1) is 0 Å². The van der Waals surface area contributed by atoms with E-state index in [4.69, 9.17) is 4.74 Å². The predicted molar refractivity (Wildman–Crippen MR) is 107 cm³/mol. The minimum Gasteiger partial charge on any atom is -0.379 e. The lowest BCUT2D eigenvalue weighted by Gasteiger charge is -2.40. The number of likely N-dealkylation sites (tertiary alicyclic amines) is 1. The number of carbonyl (C=O) groups excluding carboxylic acids is 1. The summed E-state index contributed by atoms with van der Waals surface area (Å²) >= 11 is 0. The summed E-state index contributed by atoms with van der Waals surface area (Å²) in [5.74, 6) is 0.836. The molecular weight excluding hydrogens is 354 g/mol. The van der Waals surface area contributed by atoms with Crippen molar-refractivity contribution < 1.29 is 9.53 Å². The summed E-state index contributed by atoms with van der Waals surface area (Å²) in [5.41, 5.74) is 1.04. The van der Waals surface area contributed by atoms with Gasteiger partial charge in [-0.3, -0.25) is 4.90 Å². The van der Waals surface area contributed by atoms with Gasteiger partial charge >= 0.3 is 6.03 Å². The number of benzene rings is 1. The maximum Gasteiger partial charge on any atom is 0.318 e. The highest BCUT2D eigenvalue weighted by atomic mass is 16.5. The quantitative estimate of drug-likeness (QED) is 0.877. The lowest BCUT2D eigenvalue weighted by molar-refractivity contribution is 0.00375. The molecule has 0 radical (unpaired) electrons. The van der Waals surface area contributed by atoms with E-state index in [1.54, 1.807) is 6.20 Å². The predicted octanol–water partition coefficient (Wildman–Crippen LogP) is 2.02. The van der Waals surface area contributed by atoms with Crippen LogP contribution in [-0.4, -0.2) is 70.8 Å². The number of nitrogens with one attached hydrogen (secondary N) is 1. The molecule has 2 fully saturated rings. The molecule has 0 aliphatic carbocycles. The number of aryl methyl sites for hydroxylation is 1. The number of piperidine rings is 1. The largest absolute Gasteiger partial charge is 0.379 e. The molecule has 2 aliphatic rings. The maximum absolute atomic E-state index is 13.0. The summed E-state index contributed by atoms with van der Waals surface area (Å²) in [6.45, 7) is 5.23. The number of ether oxygens (including phenoxy) is 1. The molecule has 1 aromatic carbocycles. The van der Waals surface area contributed by atoms with Crippen LogP contribution in [-0.2, 0) is 11.8 Å². The van der Waals surface area contributed by atoms with Crippen LogP contribution in [0.5, 0.6) is 0 Å². The topological polar surface area (TPSA) is 62.6 Å². The molecule has 3 heterocycles. The molecule has 2 aromatic rings. The lowest BCUT2D eigenvalue weighted by Crippen LogP contribution is -2.52. The van der Waals surface area contributed by atoms with E-state index in [1.165, 1.54) is 0 Å².